The predicted octanol–water partition coefficient (Wildman–Crippen LogP) is 2.11. The summed E-state index contributed by atoms with van der Waals surface area (Å²) in [5, 5.41) is 10.6. The second-order valence-electron chi connectivity index (χ2n) is 18.7. The van der Waals surface area contributed by atoms with Crippen LogP contribution in [0.5, 0.6) is 0 Å². The molecule has 2 N–H and O–H groups in total. The summed E-state index contributed by atoms with van der Waals surface area (Å²) < 4.78 is 46.4. The van der Waals surface area contributed by atoms with Gasteiger partial charge in [0.15, 0.2) is 11.3 Å². The van der Waals surface area contributed by atoms with Gasteiger partial charge in [-0.1, -0.05) is 28.3 Å². The number of nitrogens with zero attached hydrogens (tertiary/aromatic N) is 9. The van der Waals surface area contributed by atoms with Crippen LogP contribution in [0.2, 0.25) is 10.4 Å². The molecular weight excluding hydrogens is 860 g/mol. The Morgan fingerprint density at radius 2 is 1.84 bits per heavy atom. The number of benzene rings is 1. The monoisotopic (exact) mass is 905 g/mol. The van der Waals surface area contributed by atoms with E-state index in [4.69, 9.17) is 45.8 Å². The van der Waals surface area contributed by atoms with Crippen molar-refractivity contribution in [3.63, 3.8) is 0 Å². The standard InChI is InChI=1S/C44H45B4F2N11O6/c1-56-36-25(4-2-6-31(36)61(42(56)65)32-11-12-34(62)54-40(32)64)5-3-15-66-41-43(45,46)22-57(23-44(41,47)48)18-24-7-9-26(10-8-24)60-20-30(35(55-60)37(49)50)52-39(63)29-17-51-59-14-13-33(53-38(29)59)58-19-28-16-27(58)21-67-28/h2,4,6,13-14,17,20,24,26-28,32,37,41H,7-12,15-16,18-19,21-23H2,1H3,(H,52,63)(H,54,62,64)/t24?,26?,27-,28-,32?/m1/s1. The lowest BCUT2D eigenvalue weighted by Gasteiger charge is -2.55. The third kappa shape index (κ3) is 8.49. The van der Waals surface area contributed by atoms with Crippen molar-refractivity contribution in [1.82, 2.24) is 43.7 Å². The Morgan fingerprint density at radius 1 is 1.06 bits per heavy atom. The number of alkyl halides is 2. The molecule has 8 heterocycles. The summed E-state index contributed by atoms with van der Waals surface area (Å²) in [4.78, 5) is 60.2. The minimum atomic E-state index is -2.92. The van der Waals surface area contributed by atoms with E-state index >= 15 is 0 Å². The van der Waals surface area contributed by atoms with Crippen molar-refractivity contribution in [2.75, 3.05) is 49.6 Å². The van der Waals surface area contributed by atoms with E-state index in [0.29, 0.717) is 60.6 Å². The van der Waals surface area contributed by atoms with Gasteiger partial charge in [0.2, 0.25) is 11.8 Å². The number of nitrogens with one attached hydrogen (secondary N) is 2. The van der Waals surface area contributed by atoms with E-state index in [1.807, 2.05) is 11.0 Å². The Labute approximate surface area is 389 Å². The highest BCUT2D eigenvalue weighted by Crippen LogP contribution is 2.45. The maximum atomic E-state index is 14.4. The Bertz CT molecular complexity index is 2880. The molecule has 5 fully saturated rings. The predicted molar refractivity (Wildman–Crippen MR) is 245 cm³/mol. The van der Waals surface area contributed by atoms with E-state index in [1.165, 1.54) is 30.7 Å². The van der Waals surface area contributed by atoms with Gasteiger partial charge in [-0.2, -0.15) is 10.2 Å². The number of morpholine rings is 1. The number of para-hydroxylation sites is 1. The second-order valence-corrected chi connectivity index (χ2v) is 18.7. The largest absolute Gasteiger partial charge is 0.374 e. The molecule has 0 spiro atoms. The first-order valence-corrected chi connectivity index (χ1v) is 22.5. The SMILES string of the molecule is [B]C1([B])CN(CC2CCC(n3cc(NC(=O)c4cnn5ccc(N6C[C@H]7C[C@@H]6CO7)nc45)c(C(F)F)n3)CC2)CC([B])([B])C1OCC#Cc1cccc2c1n(C)c(=O)n2C1CCC(=O)NC1=O. The Morgan fingerprint density at radius 3 is 2.54 bits per heavy atom. The smallest absolute Gasteiger partial charge is 0.329 e. The molecule has 2 bridgehead atoms. The third-order valence-electron chi connectivity index (χ3n) is 13.9. The average Bonchev–Trinajstić information content (AvgIpc) is 4.13. The van der Waals surface area contributed by atoms with Crippen molar-refractivity contribution in [2.24, 2.45) is 13.0 Å². The summed E-state index contributed by atoms with van der Waals surface area (Å²) in [6, 6.07) is 6.27. The first-order valence-electron chi connectivity index (χ1n) is 22.5. The molecule has 4 aromatic heterocycles. The summed E-state index contributed by atoms with van der Waals surface area (Å²) in [6.07, 6.45) is 4.90. The van der Waals surface area contributed by atoms with Gasteiger partial charge in [0.05, 0.1) is 84.7 Å². The zero-order chi connectivity index (χ0) is 46.9. The van der Waals surface area contributed by atoms with Gasteiger partial charge in [0, 0.05) is 45.1 Å². The lowest BCUT2D eigenvalue weighted by Crippen LogP contribution is -2.58. The lowest BCUT2D eigenvalue weighted by molar-refractivity contribution is -0.135. The number of imide groups is 1. The van der Waals surface area contributed by atoms with Crippen LogP contribution in [0.1, 0.15) is 85.1 Å². The molecule has 8 radical (unpaired) electrons. The summed E-state index contributed by atoms with van der Waals surface area (Å²) in [5.41, 5.74) is 1.03. The normalized spacial score (nSPS) is 25.2. The fourth-order valence-electron chi connectivity index (χ4n) is 10.8. The number of amides is 3. The molecule has 67 heavy (non-hydrogen) atoms. The van der Waals surface area contributed by atoms with Crippen molar-refractivity contribution in [3.8, 4) is 11.8 Å². The molecule has 4 saturated heterocycles. The molecule has 10 rings (SSSR count). The topological polar surface area (TPSA) is 175 Å². The van der Waals surface area contributed by atoms with Gasteiger partial charge in [0.1, 0.15) is 24.0 Å². The summed E-state index contributed by atoms with van der Waals surface area (Å²) in [7, 11) is 28.2. The third-order valence-corrected chi connectivity index (χ3v) is 13.9. The molecule has 4 aliphatic heterocycles. The maximum absolute atomic E-state index is 14.4. The number of carbonyl (C=O) groups is 3. The molecule has 17 nitrogen and oxygen atoms in total. The molecule has 5 aliphatic rings. The van der Waals surface area contributed by atoms with Gasteiger partial charge in [-0.15, -0.1) is 0 Å². The molecule has 23 heteroatoms. The molecule has 1 aliphatic carbocycles. The average molecular weight is 905 g/mol. The highest BCUT2D eigenvalue weighted by Gasteiger charge is 2.46. The number of fused-ring (bicyclic) bond motifs is 4. The van der Waals surface area contributed by atoms with E-state index in [2.05, 4.69) is 37.6 Å². The van der Waals surface area contributed by atoms with Crippen LogP contribution in [-0.4, -0.2) is 145 Å². The summed E-state index contributed by atoms with van der Waals surface area (Å²) in [6.45, 7) is 2.26. The highest BCUT2D eigenvalue weighted by molar-refractivity contribution is 6.46. The van der Waals surface area contributed by atoms with Crippen molar-refractivity contribution < 1.29 is 32.6 Å². The van der Waals surface area contributed by atoms with Crippen LogP contribution in [-0.2, 0) is 26.1 Å². The van der Waals surface area contributed by atoms with Crippen molar-refractivity contribution in [1.29, 1.82) is 0 Å². The zero-order valence-corrected chi connectivity index (χ0v) is 36.8. The fourth-order valence-corrected chi connectivity index (χ4v) is 10.8. The van der Waals surface area contributed by atoms with E-state index < -0.39 is 52.2 Å². The maximum Gasteiger partial charge on any atom is 0.329 e. The number of anilines is 2. The van der Waals surface area contributed by atoms with Crippen LogP contribution in [0.4, 0.5) is 20.3 Å². The van der Waals surface area contributed by atoms with Gasteiger partial charge in [-0.3, -0.25) is 33.5 Å². The van der Waals surface area contributed by atoms with Gasteiger partial charge < -0.3 is 24.6 Å². The number of hydrogen-bond acceptors (Lipinski definition) is 11. The summed E-state index contributed by atoms with van der Waals surface area (Å²) >= 11 is 0. The van der Waals surface area contributed by atoms with Crippen molar-refractivity contribution in [3.05, 3.63) is 70.2 Å². The quantitative estimate of drug-likeness (QED) is 0.119. The molecule has 1 unspecified atom stereocenters. The van der Waals surface area contributed by atoms with Gasteiger partial charge in [-0.25, -0.2) is 23.1 Å². The highest BCUT2D eigenvalue weighted by atomic mass is 19.3. The van der Waals surface area contributed by atoms with Gasteiger partial charge in [0.25, 0.3) is 12.3 Å². The first kappa shape index (κ1) is 45.1. The van der Waals surface area contributed by atoms with E-state index in [1.54, 1.807) is 31.4 Å². The molecule has 1 saturated carbocycles. The Hall–Kier alpha value is -5.71. The lowest BCUT2D eigenvalue weighted by atomic mass is 9.37. The first-order chi connectivity index (χ1) is 32.0. The number of aryl methyl sites for hydroxylation is 1. The van der Waals surface area contributed by atoms with Crippen LogP contribution >= 0.6 is 0 Å². The zero-order valence-electron chi connectivity index (χ0n) is 36.8. The number of aromatic nitrogens is 7. The number of hydrogen-bond donors (Lipinski definition) is 2. The second kappa shape index (κ2) is 17.4. The molecule has 338 valence electrons. The molecule has 5 aromatic rings. The van der Waals surface area contributed by atoms with E-state index in [9.17, 15) is 28.0 Å². The number of imidazole rings is 1. The number of likely N-dealkylation sites (tertiary alicyclic amines) is 1. The summed E-state index contributed by atoms with van der Waals surface area (Å²) in [5.74, 6) is 5.42. The van der Waals surface area contributed by atoms with Crippen LogP contribution in [0, 0.1) is 17.8 Å². The molecule has 3 amide bonds. The van der Waals surface area contributed by atoms with Crippen LogP contribution in [0.15, 0.2) is 47.7 Å². The van der Waals surface area contributed by atoms with Crippen LogP contribution < -0.4 is 21.2 Å². The van der Waals surface area contributed by atoms with Gasteiger partial charge >= 0.3 is 5.69 Å². The number of halogens is 2. The van der Waals surface area contributed by atoms with Crippen molar-refractivity contribution in [2.45, 2.75) is 92.1 Å². The number of rotatable bonds is 10. The van der Waals surface area contributed by atoms with Crippen LogP contribution in [0.3, 0.4) is 0 Å². The fraction of sp³-hybridized carbons (Fsp3) is 0.523. The Balaban J connectivity index is 0.746. The molecule has 3 atom stereocenters. The number of ether oxygens (including phenoxy) is 2. The van der Waals surface area contributed by atoms with Crippen molar-refractivity contribution >= 4 is 77.3 Å². The molecular formula is C44H45B4F2N11O6. The van der Waals surface area contributed by atoms with Crippen LogP contribution in [0.25, 0.3) is 16.7 Å². The number of piperidine rings is 2. The number of carbonyl (C=O) groups excluding carboxylic acids is 3. The molecule has 1 aromatic carbocycles. The van der Waals surface area contributed by atoms with Gasteiger partial charge in [-0.05, 0) is 75.7 Å². The minimum absolute atomic E-state index is 0.0711. The minimum Gasteiger partial charge on any atom is -0.374 e. The van der Waals surface area contributed by atoms with E-state index in [0.717, 1.165) is 19.3 Å². The van der Waals surface area contributed by atoms with E-state index in [-0.39, 0.29) is 73.8 Å². The Kier molecular flexibility index (Phi) is 11.7.